The van der Waals surface area contributed by atoms with E-state index in [0.717, 1.165) is 6.92 Å². The molecule has 0 fully saturated rings. The van der Waals surface area contributed by atoms with E-state index in [9.17, 15) is 39.6 Å². The number of benzene rings is 1. The molecule has 8 heteroatoms. The van der Waals surface area contributed by atoms with Crippen molar-refractivity contribution >= 4 is 23.1 Å². The first kappa shape index (κ1) is 28.7. The summed E-state index contributed by atoms with van der Waals surface area (Å²) in [5.41, 5.74) is -4.97. The van der Waals surface area contributed by atoms with Gasteiger partial charge in [-0.3, -0.25) is 19.2 Å². The van der Waals surface area contributed by atoms with Gasteiger partial charge in [-0.25, -0.2) is 0 Å². The molecule has 4 N–H and O–H groups in total. The van der Waals surface area contributed by atoms with E-state index in [2.05, 4.69) is 0 Å². The largest absolute Gasteiger partial charge is 0.511 e. The van der Waals surface area contributed by atoms with Gasteiger partial charge in [-0.1, -0.05) is 47.6 Å². The number of phenolic OH excluding ortho intramolecular Hbond substituents is 1. The summed E-state index contributed by atoms with van der Waals surface area (Å²) in [5.74, 6) is -5.30. The molecule has 39 heavy (non-hydrogen) atoms. The fraction of sp³-hybridized carbons (Fsp3) is 0.548. The topological polar surface area (TPSA) is 149 Å². The fourth-order valence-electron chi connectivity index (χ4n) is 7.70. The zero-order valence-electron chi connectivity index (χ0n) is 23.6. The molecule has 0 saturated carbocycles. The molecule has 0 spiro atoms. The van der Waals surface area contributed by atoms with Crippen molar-refractivity contribution in [3.8, 4) is 5.75 Å². The fourth-order valence-corrected chi connectivity index (χ4v) is 7.70. The van der Waals surface area contributed by atoms with Crippen molar-refractivity contribution in [2.24, 2.45) is 28.6 Å². The Morgan fingerprint density at radius 2 is 1.67 bits per heavy atom. The quantitative estimate of drug-likeness (QED) is 0.387. The van der Waals surface area contributed by atoms with E-state index < -0.39 is 56.8 Å². The summed E-state index contributed by atoms with van der Waals surface area (Å²) < 4.78 is 0. The third-order valence-corrected chi connectivity index (χ3v) is 9.01. The van der Waals surface area contributed by atoms with Crippen molar-refractivity contribution < 1.29 is 39.6 Å². The Morgan fingerprint density at radius 3 is 2.21 bits per heavy atom. The highest BCUT2D eigenvalue weighted by Gasteiger charge is 2.71. The third kappa shape index (κ3) is 3.90. The van der Waals surface area contributed by atoms with Gasteiger partial charge in [-0.15, -0.1) is 0 Å². The lowest BCUT2D eigenvalue weighted by Gasteiger charge is -2.59. The van der Waals surface area contributed by atoms with Crippen LogP contribution in [0.4, 0.5) is 0 Å². The predicted molar refractivity (Wildman–Crippen MR) is 143 cm³/mol. The molecule has 0 radical (unpaired) electrons. The Bertz CT molecular complexity index is 1380. The van der Waals surface area contributed by atoms with Crippen LogP contribution in [0.3, 0.4) is 0 Å². The smallest absolute Gasteiger partial charge is 0.209 e. The van der Waals surface area contributed by atoms with Crippen LogP contribution in [0.1, 0.15) is 82.8 Å². The van der Waals surface area contributed by atoms with Crippen molar-refractivity contribution in [2.45, 2.75) is 79.8 Å². The van der Waals surface area contributed by atoms with Gasteiger partial charge in [-0.2, -0.15) is 0 Å². The van der Waals surface area contributed by atoms with Crippen LogP contribution >= 0.6 is 0 Å². The van der Waals surface area contributed by atoms with Crippen LogP contribution in [0.25, 0.3) is 0 Å². The lowest BCUT2D eigenvalue weighted by molar-refractivity contribution is -0.171. The summed E-state index contributed by atoms with van der Waals surface area (Å²) >= 11 is 0. The number of Topliss-reactive ketones (excluding diaryl/α,β-unsaturated/α-hetero) is 4. The number of carbonyl (C=O) groups excluding carboxylic acids is 4. The van der Waals surface area contributed by atoms with Gasteiger partial charge in [0, 0.05) is 35.2 Å². The zero-order chi connectivity index (χ0) is 29.4. The molecule has 8 nitrogen and oxygen atoms in total. The monoisotopic (exact) mass is 538 g/mol. The maximum Gasteiger partial charge on any atom is 0.209 e. The number of fused-ring (bicyclic) bond motifs is 3. The summed E-state index contributed by atoms with van der Waals surface area (Å²) in [4.78, 5) is 52.9. The number of aromatic hydroxyl groups is 1. The highest BCUT2D eigenvalue weighted by atomic mass is 16.3. The highest BCUT2D eigenvalue weighted by molar-refractivity contribution is 6.25. The molecule has 1 unspecified atom stereocenters. The summed E-state index contributed by atoms with van der Waals surface area (Å²) in [7, 11) is 0. The maximum atomic E-state index is 14.0. The summed E-state index contributed by atoms with van der Waals surface area (Å²) in [6, 6.07) is 2.97. The van der Waals surface area contributed by atoms with Gasteiger partial charge in [0.2, 0.25) is 5.78 Å². The molecule has 1 aromatic carbocycles. The molecule has 0 amide bonds. The predicted octanol–water partition coefficient (Wildman–Crippen LogP) is 4.50. The third-order valence-electron chi connectivity index (χ3n) is 9.01. The maximum absolute atomic E-state index is 14.0. The number of aliphatic hydroxyl groups excluding tert-OH is 2. The van der Waals surface area contributed by atoms with E-state index in [0.29, 0.717) is 17.5 Å². The molecule has 4 atom stereocenters. The Morgan fingerprint density at radius 1 is 1.05 bits per heavy atom. The molecule has 3 aliphatic rings. The van der Waals surface area contributed by atoms with E-state index in [1.165, 1.54) is 6.07 Å². The van der Waals surface area contributed by atoms with Crippen molar-refractivity contribution in [1.29, 1.82) is 0 Å². The second kappa shape index (κ2) is 9.15. The first-order valence-corrected chi connectivity index (χ1v) is 13.5. The molecule has 3 aliphatic carbocycles. The van der Waals surface area contributed by atoms with Gasteiger partial charge in [-0.05, 0) is 48.8 Å². The summed E-state index contributed by atoms with van der Waals surface area (Å²) in [6.45, 7) is 11.9. The van der Waals surface area contributed by atoms with E-state index in [4.69, 9.17) is 0 Å². The molecule has 4 rings (SSSR count). The van der Waals surface area contributed by atoms with Crippen LogP contribution < -0.4 is 0 Å². The molecule has 0 aromatic heterocycles. The Kier molecular flexibility index (Phi) is 6.74. The van der Waals surface area contributed by atoms with Crippen LogP contribution in [0.15, 0.2) is 34.8 Å². The van der Waals surface area contributed by atoms with Crippen molar-refractivity contribution in [2.75, 3.05) is 0 Å². The van der Waals surface area contributed by atoms with Crippen molar-refractivity contribution in [1.82, 2.24) is 0 Å². The summed E-state index contributed by atoms with van der Waals surface area (Å²) in [5, 5.41) is 45.7. The second-order valence-corrected chi connectivity index (χ2v) is 12.9. The van der Waals surface area contributed by atoms with E-state index >= 15 is 0 Å². The van der Waals surface area contributed by atoms with Crippen LogP contribution in [0, 0.1) is 28.6 Å². The molecule has 0 heterocycles. The van der Waals surface area contributed by atoms with Gasteiger partial charge in [0.1, 0.15) is 28.6 Å². The molecular weight excluding hydrogens is 500 g/mol. The van der Waals surface area contributed by atoms with Crippen molar-refractivity contribution in [3.63, 3.8) is 0 Å². The van der Waals surface area contributed by atoms with Crippen LogP contribution in [0.5, 0.6) is 5.75 Å². The molecule has 1 aromatic rings. The van der Waals surface area contributed by atoms with Gasteiger partial charge in [0.15, 0.2) is 17.2 Å². The SMILES string of the molecule is CC(=O)C1=C(O)C(C(C)C)[C@@]2(C)C[C@@]3(C)Cc4c(CC(=O)CC(C)C)ccc(O)c4C(=O)C3=C(O)[C@@]2(O)C1=O. The normalized spacial score (nSPS) is 30.5. The lowest BCUT2D eigenvalue weighted by atomic mass is 9.44. The van der Waals surface area contributed by atoms with E-state index in [1.807, 2.05) is 13.8 Å². The molecule has 0 saturated heterocycles. The van der Waals surface area contributed by atoms with Gasteiger partial charge in [0.25, 0.3) is 0 Å². The minimum atomic E-state index is -2.64. The standard InChI is InChI=1S/C31H38O8/c1-14(2)10-18(33)11-17-8-9-20(34)22-19(17)12-29(6)13-30(7)23(15(3)4)25(35)21(16(5)32)27(37)31(30,39)28(38)24(29)26(22)36/h8-9,14-15,23,34-35,38-39H,10-13H2,1-7H3/t23?,29-,30-,31+/m1/s1. The average Bonchev–Trinajstić information content (AvgIpc) is 2.77. The number of phenols is 1. The zero-order valence-corrected chi connectivity index (χ0v) is 23.6. The number of allylic oxidation sites excluding steroid dienone is 2. The van der Waals surface area contributed by atoms with Gasteiger partial charge >= 0.3 is 0 Å². The Balaban J connectivity index is 1.98. The Labute approximate surface area is 228 Å². The molecule has 0 aliphatic heterocycles. The van der Waals surface area contributed by atoms with E-state index in [-0.39, 0.29) is 53.8 Å². The Hall–Kier alpha value is -3.26. The average molecular weight is 539 g/mol. The summed E-state index contributed by atoms with van der Waals surface area (Å²) in [6.07, 6.45) is 0.607. The molecular formula is C31H38O8. The first-order chi connectivity index (χ1) is 17.9. The number of ketones is 4. The van der Waals surface area contributed by atoms with Crippen LogP contribution in [-0.2, 0) is 27.2 Å². The number of aliphatic hydroxyl groups is 3. The van der Waals surface area contributed by atoms with Crippen LogP contribution in [0.2, 0.25) is 0 Å². The minimum absolute atomic E-state index is 0.00534. The van der Waals surface area contributed by atoms with Gasteiger partial charge in [0.05, 0.1) is 5.56 Å². The van der Waals surface area contributed by atoms with Crippen molar-refractivity contribution in [3.05, 3.63) is 51.5 Å². The number of hydrogen-bond acceptors (Lipinski definition) is 8. The first-order valence-electron chi connectivity index (χ1n) is 13.5. The van der Waals surface area contributed by atoms with Crippen LogP contribution in [-0.4, -0.2) is 49.2 Å². The minimum Gasteiger partial charge on any atom is -0.511 e. The molecule has 210 valence electrons. The van der Waals surface area contributed by atoms with E-state index in [1.54, 1.807) is 33.8 Å². The lowest BCUT2D eigenvalue weighted by Crippen LogP contribution is -2.67. The number of hydrogen-bond donors (Lipinski definition) is 4. The van der Waals surface area contributed by atoms with Gasteiger partial charge < -0.3 is 20.4 Å². The second-order valence-electron chi connectivity index (χ2n) is 12.9. The number of rotatable bonds is 6. The highest BCUT2D eigenvalue weighted by Crippen LogP contribution is 2.65. The number of carbonyl (C=O) groups is 4. The molecule has 0 bridgehead atoms.